The van der Waals surface area contributed by atoms with E-state index >= 15 is 0 Å². The smallest absolute Gasteiger partial charge is 0.257 e. The molecule has 0 unspecified atom stereocenters. The molecule has 2 N–H and O–H groups in total. The van der Waals surface area contributed by atoms with Crippen molar-refractivity contribution in [2.45, 2.75) is 25.9 Å². The Balaban J connectivity index is 1.50. The maximum atomic E-state index is 14.2. The van der Waals surface area contributed by atoms with Crippen molar-refractivity contribution in [2.24, 2.45) is 0 Å². The Bertz CT molecular complexity index is 1280. The van der Waals surface area contributed by atoms with Gasteiger partial charge in [-0.05, 0) is 26.0 Å². The van der Waals surface area contributed by atoms with Crippen molar-refractivity contribution in [1.82, 2.24) is 24.7 Å². The number of amides is 1. The first-order valence-electron chi connectivity index (χ1n) is 10.2. The van der Waals surface area contributed by atoms with Gasteiger partial charge in [0.25, 0.3) is 5.91 Å². The molecular formula is C22H22FN7O. The third-order valence-corrected chi connectivity index (χ3v) is 5.45. The number of hydrogen-bond donors (Lipinski definition) is 2. The molecule has 1 amide bonds. The Morgan fingerprint density at radius 3 is 2.61 bits per heavy atom. The van der Waals surface area contributed by atoms with E-state index < -0.39 is 5.82 Å². The summed E-state index contributed by atoms with van der Waals surface area (Å²) in [5.74, 6) is -0.886. The van der Waals surface area contributed by atoms with Gasteiger partial charge in [-0.3, -0.25) is 14.8 Å². The van der Waals surface area contributed by atoms with Crippen LogP contribution in [0.1, 0.15) is 24.2 Å². The number of nitrogens with one attached hydrogen (secondary N) is 2. The van der Waals surface area contributed by atoms with E-state index in [1.54, 1.807) is 30.9 Å². The molecule has 31 heavy (non-hydrogen) atoms. The molecule has 0 radical (unpaired) electrons. The molecule has 2 atom stereocenters. The summed E-state index contributed by atoms with van der Waals surface area (Å²) in [5, 5.41) is 6.29. The van der Waals surface area contributed by atoms with Gasteiger partial charge >= 0.3 is 0 Å². The average Bonchev–Trinajstić information content (AvgIpc) is 3.21. The average molecular weight is 419 g/mol. The number of aromatic nitrogens is 4. The summed E-state index contributed by atoms with van der Waals surface area (Å²) in [6.07, 6.45) is 7.95. The van der Waals surface area contributed by atoms with Gasteiger partial charge in [0.1, 0.15) is 11.0 Å². The maximum absolute atomic E-state index is 14.2. The van der Waals surface area contributed by atoms with E-state index in [-0.39, 0.29) is 11.6 Å². The second-order valence-corrected chi connectivity index (χ2v) is 7.95. The molecule has 9 heteroatoms. The molecule has 4 heterocycles. The van der Waals surface area contributed by atoms with Crippen molar-refractivity contribution in [3.05, 3.63) is 60.6 Å². The predicted molar refractivity (Wildman–Crippen MR) is 117 cm³/mol. The van der Waals surface area contributed by atoms with Crippen molar-refractivity contribution in [3.63, 3.8) is 0 Å². The van der Waals surface area contributed by atoms with Gasteiger partial charge in [-0.2, -0.15) is 0 Å². The molecule has 0 aliphatic carbocycles. The van der Waals surface area contributed by atoms with Gasteiger partial charge in [0, 0.05) is 62.2 Å². The van der Waals surface area contributed by atoms with Crippen LogP contribution in [0.4, 0.5) is 15.8 Å². The highest BCUT2D eigenvalue weighted by molar-refractivity contribution is 6.13. The number of hydrogen-bond acceptors (Lipinski definition) is 6. The molecule has 1 saturated heterocycles. The normalized spacial score (nSPS) is 19.1. The van der Waals surface area contributed by atoms with Crippen LogP contribution < -0.4 is 15.5 Å². The van der Waals surface area contributed by atoms with Gasteiger partial charge in [0.2, 0.25) is 0 Å². The van der Waals surface area contributed by atoms with Crippen LogP contribution in [0.3, 0.4) is 0 Å². The first-order valence-corrected chi connectivity index (χ1v) is 10.2. The molecule has 3 aromatic heterocycles. The minimum atomic E-state index is -0.509. The van der Waals surface area contributed by atoms with Crippen molar-refractivity contribution in [1.29, 1.82) is 0 Å². The molecule has 4 aromatic rings. The minimum Gasteiger partial charge on any atom is -0.367 e. The Kier molecular flexibility index (Phi) is 4.74. The van der Waals surface area contributed by atoms with Crippen LogP contribution in [0.2, 0.25) is 0 Å². The van der Waals surface area contributed by atoms with Gasteiger partial charge in [-0.25, -0.2) is 9.37 Å². The summed E-state index contributed by atoms with van der Waals surface area (Å²) >= 11 is 0. The number of imidazole rings is 1. The number of rotatable bonds is 3. The lowest BCUT2D eigenvalue weighted by Crippen LogP contribution is -2.54. The van der Waals surface area contributed by atoms with Gasteiger partial charge in [0.05, 0.1) is 16.9 Å². The highest BCUT2D eigenvalue weighted by Crippen LogP contribution is 2.28. The first-order chi connectivity index (χ1) is 15.0. The number of nitrogens with zero attached hydrogens (tertiary/aromatic N) is 5. The fraction of sp³-hybridized carbons (Fsp3) is 0.273. The zero-order valence-corrected chi connectivity index (χ0v) is 17.2. The lowest BCUT2D eigenvalue weighted by atomic mass is 10.1. The molecule has 1 aliphatic rings. The van der Waals surface area contributed by atoms with Crippen molar-refractivity contribution < 1.29 is 9.18 Å². The van der Waals surface area contributed by atoms with Gasteiger partial charge < -0.3 is 19.9 Å². The molecule has 1 aliphatic heterocycles. The molecule has 0 spiro atoms. The van der Waals surface area contributed by atoms with Crippen LogP contribution >= 0.6 is 0 Å². The predicted octanol–water partition coefficient (Wildman–Crippen LogP) is 2.86. The molecule has 1 fully saturated rings. The van der Waals surface area contributed by atoms with Crippen molar-refractivity contribution >= 4 is 34.0 Å². The van der Waals surface area contributed by atoms with E-state index in [9.17, 15) is 9.18 Å². The van der Waals surface area contributed by atoms with Crippen LogP contribution in [0.15, 0.2) is 49.2 Å². The molecule has 8 nitrogen and oxygen atoms in total. The first kappa shape index (κ1) is 19.4. The van der Waals surface area contributed by atoms with E-state index in [1.807, 2.05) is 6.07 Å². The van der Waals surface area contributed by atoms with E-state index in [1.165, 1.54) is 16.7 Å². The minimum absolute atomic E-state index is 0.207. The highest BCUT2D eigenvalue weighted by atomic mass is 19.1. The van der Waals surface area contributed by atoms with Crippen LogP contribution in [0.5, 0.6) is 0 Å². The lowest BCUT2D eigenvalue weighted by Gasteiger charge is -2.38. The summed E-state index contributed by atoms with van der Waals surface area (Å²) in [4.78, 5) is 28.2. The van der Waals surface area contributed by atoms with E-state index in [4.69, 9.17) is 0 Å². The van der Waals surface area contributed by atoms with Gasteiger partial charge in [-0.15, -0.1) is 0 Å². The number of piperazine rings is 1. The summed E-state index contributed by atoms with van der Waals surface area (Å²) in [6, 6.07) is 5.60. The molecule has 5 rings (SSSR count). The Labute approximate surface area is 178 Å². The number of carbonyl (C=O) groups is 1. The van der Waals surface area contributed by atoms with Crippen LogP contribution in [-0.2, 0) is 0 Å². The number of anilines is 2. The SMILES string of the molecule is C[C@@H]1CN(c2ccc(C(=O)Nc3cc(F)c4nccn4c3)c3nccnc23)C[C@H](C)N1. The standard InChI is InChI=1S/C22H22FN7O/c1-13-10-30(11-14(2)27-13)18-4-3-16(19-20(18)25-6-5-24-19)22(31)28-15-9-17(23)21-26-7-8-29(21)12-15/h3-9,12-14,27H,10-11H2,1-2H3,(H,28,31)/t13-,14+. The fourth-order valence-electron chi connectivity index (χ4n) is 4.26. The van der Waals surface area contributed by atoms with E-state index in [0.717, 1.165) is 18.8 Å². The number of benzene rings is 1. The fourth-order valence-corrected chi connectivity index (χ4v) is 4.26. The largest absolute Gasteiger partial charge is 0.367 e. The summed E-state index contributed by atoms with van der Waals surface area (Å²) in [5.41, 5.74) is 3.06. The number of fused-ring (bicyclic) bond motifs is 2. The molecule has 158 valence electrons. The molecule has 0 saturated carbocycles. The van der Waals surface area contributed by atoms with Gasteiger partial charge in [-0.1, -0.05) is 0 Å². The highest BCUT2D eigenvalue weighted by Gasteiger charge is 2.24. The Morgan fingerprint density at radius 2 is 1.84 bits per heavy atom. The van der Waals surface area contributed by atoms with Crippen LogP contribution in [0.25, 0.3) is 16.7 Å². The molecule has 0 bridgehead atoms. The van der Waals surface area contributed by atoms with Gasteiger partial charge in [0.15, 0.2) is 11.5 Å². The second-order valence-electron chi connectivity index (χ2n) is 7.95. The topological polar surface area (TPSA) is 87.5 Å². The Hall–Kier alpha value is -3.59. The Morgan fingerprint density at radius 1 is 1.10 bits per heavy atom. The number of carbonyl (C=O) groups excluding carboxylic acids is 1. The number of halogens is 1. The van der Waals surface area contributed by atoms with Crippen LogP contribution in [0, 0.1) is 5.82 Å². The summed E-state index contributed by atoms with van der Waals surface area (Å²) in [7, 11) is 0. The lowest BCUT2D eigenvalue weighted by molar-refractivity contribution is 0.102. The third-order valence-electron chi connectivity index (χ3n) is 5.45. The van der Waals surface area contributed by atoms with Crippen molar-refractivity contribution in [2.75, 3.05) is 23.3 Å². The van der Waals surface area contributed by atoms with E-state index in [0.29, 0.717) is 34.4 Å². The number of pyridine rings is 1. The second kappa shape index (κ2) is 7.59. The zero-order chi connectivity index (χ0) is 21.5. The third kappa shape index (κ3) is 3.57. The maximum Gasteiger partial charge on any atom is 0.257 e. The quantitative estimate of drug-likeness (QED) is 0.531. The monoisotopic (exact) mass is 419 g/mol. The van der Waals surface area contributed by atoms with Crippen LogP contribution in [-0.4, -0.2) is 50.4 Å². The summed E-state index contributed by atoms with van der Waals surface area (Å²) < 4.78 is 15.8. The summed E-state index contributed by atoms with van der Waals surface area (Å²) in [6.45, 7) is 5.97. The van der Waals surface area contributed by atoms with E-state index in [2.05, 4.69) is 44.3 Å². The van der Waals surface area contributed by atoms with Crippen molar-refractivity contribution in [3.8, 4) is 0 Å². The molecule has 1 aromatic carbocycles. The molecular weight excluding hydrogens is 397 g/mol. The zero-order valence-electron chi connectivity index (χ0n) is 17.2.